The van der Waals surface area contributed by atoms with E-state index in [0.29, 0.717) is 21.1 Å². The predicted octanol–water partition coefficient (Wildman–Crippen LogP) is 3.53. The number of benzene rings is 2. The van der Waals surface area contributed by atoms with E-state index in [9.17, 15) is 0 Å². The van der Waals surface area contributed by atoms with Crippen LogP contribution in [-0.2, 0) is 0 Å². The Balaban J connectivity index is 2.24. The second-order valence-corrected chi connectivity index (χ2v) is 4.35. The van der Waals surface area contributed by atoms with E-state index in [4.69, 9.17) is 23.2 Å². The van der Waals surface area contributed by atoms with Gasteiger partial charge in [0, 0.05) is 5.02 Å². The van der Waals surface area contributed by atoms with Crippen LogP contribution in [0.1, 0.15) is 0 Å². The molecule has 1 heterocycles. The number of rotatable bonds is 1. The Morgan fingerprint density at radius 1 is 1.06 bits per heavy atom. The molecule has 0 bridgehead atoms. The van der Waals surface area contributed by atoms with E-state index < -0.39 is 0 Å². The van der Waals surface area contributed by atoms with Crippen LogP contribution in [-0.4, -0.2) is 15.0 Å². The second-order valence-electron chi connectivity index (χ2n) is 3.50. The number of hydrogen-bond acceptors (Lipinski definition) is 2. The summed E-state index contributed by atoms with van der Waals surface area (Å²) in [7, 11) is 0. The van der Waals surface area contributed by atoms with Gasteiger partial charge < -0.3 is 0 Å². The second kappa shape index (κ2) is 4.02. The fraction of sp³-hybridized carbons (Fsp3) is 0. The number of halogens is 2. The minimum atomic E-state index is 0.501. The number of aromatic nitrogens is 3. The van der Waals surface area contributed by atoms with E-state index in [0.717, 1.165) is 5.69 Å². The van der Waals surface area contributed by atoms with Crippen molar-refractivity contribution in [3.05, 3.63) is 52.5 Å². The Morgan fingerprint density at radius 3 is 2.59 bits per heavy atom. The molecular formula is C12H6Cl2N3. The summed E-state index contributed by atoms with van der Waals surface area (Å²) < 4.78 is 0. The lowest BCUT2D eigenvalue weighted by atomic mass is 10.3. The lowest BCUT2D eigenvalue weighted by Crippen LogP contribution is -1.97. The molecule has 3 aromatic rings. The summed E-state index contributed by atoms with van der Waals surface area (Å²) in [4.78, 5) is 1.53. The van der Waals surface area contributed by atoms with Gasteiger partial charge in [0.15, 0.2) is 0 Å². The zero-order valence-electron chi connectivity index (χ0n) is 8.56. The summed E-state index contributed by atoms with van der Waals surface area (Å²) in [5.41, 5.74) is 2.17. The Kier molecular flexibility index (Phi) is 2.50. The van der Waals surface area contributed by atoms with Gasteiger partial charge in [-0.3, -0.25) is 0 Å². The van der Waals surface area contributed by atoms with Crippen LogP contribution < -0.4 is 0 Å². The quantitative estimate of drug-likeness (QED) is 0.672. The molecule has 1 aromatic heterocycles. The van der Waals surface area contributed by atoms with Crippen molar-refractivity contribution in [1.29, 1.82) is 0 Å². The van der Waals surface area contributed by atoms with Gasteiger partial charge in [0.05, 0.1) is 10.7 Å². The molecule has 0 aliphatic rings. The highest BCUT2D eigenvalue weighted by molar-refractivity contribution is 6.38. The molecule has 0 saturated heterocycles. The summed E-state index contributed by atoms with van der Waals surface area (Å²) in [6.07, 6.45) is 0. The van der Waals surface area contributed by atoms with E-state index >= 15 is 0 Å². The molecule has 0 aliphatic carbocycles. The van der Waals surface area contributed by atoms with Crippen LogP contribution in [0.3, 0.4) is 0 Å². The van der Waals surface area contributed by atoms with Gasteiger partial charge in [-0.05, 0) is 30.3 Å². The van der Waals surface area contributed by atoms with Gasteiger partial charge in [-0.2, -0.15) is 4.80 Å². The number of nitrogens with zero attached hydrogens (tertiary/aromatic N) is 3. The van der Waals surface area contributed by atoms with Gasteiger partial charge in [0.25, 0.3) is 0 Å². The van der Waals surface area contributed by atoms with Gasteiger partial charge in [0.1, 0.15) is 11.0 Å². The van der Waals surface area contributed by atoms with Crippen LogP contribution in [0.25, 0.3) is 16.7 Å². The average molecular weight is 263 g/mol. The Morgan fingerprint density at radius 2 is 1.82 bits per heavy atom. The van der Waals surface area contributed by atoms with Gasteiger partial charge in [-0.15, -0.1) is 10.2 Å². The summed E-state index contributed by atoms with van der Waals surface area (Å²) in [6, 6.07) is 13.7. The minimum absolute atomic E-state index is 0.501. The Bertz CT molecular complexity index is 677. The highest BCUT2D eigenvalue weighted by Gasteiger charge is 2.08. The summed E-state index contributed by atoms with van der Waals surface area (Å²) in [5.74, 6) is 0. The zero-order chi connectivity index (χ0) is 11.8. The molecule has 0 unspecified atom stereocenters. The molecule has 0 amide bonds. The lowest BCUT2D eigenvalue weighted by Gasteiger charge is -1.95. The smallest absolute Gasteiger partial charge is 0.132 e. The van der Waals surface area contributed by atoms with Gasteiger partial charge in [-0.1, -0.05) is 35.3 Å². The van der Waals surface area contributed by atoms with E-state index in [2.05, 4.69) is 16.3 Å². The first-order valence-electron chi connectivity index (χ1n) is 4.92. The first-order valence-corrected chi connectivity index (χ1v) is 5.68. The van der Waals surface area contributed by atoms with Crippen LogP contribution in [0, 0.1) is 6.07 Å². The molecular weight excluding hydrogens is 257 g/mol. The maximum atomic E-state index is 6.06. The van der Waals surface area contributed by atoms with Crippen LogP contribution >= 0.6 is 23.2 Å². The van der Waals surface area contributed by atoms with Crippen LogP contribution in [0.15, 0.2) is 36.4 Å². The average Bonchev–Trinajstić information content (AvgIpc) is 2.74. The molecule has 0 spiro atoms. The molecule has 0 atom stereocenters. The molecule has 0 N–H and O–H groups in total. The fourth-order valence-electron chi connectivity index (χ4n) is 1.57. The lowest BCUT2D eigenvalue weighted by molar-refractivity contribution is 0.765. The van der Waals surface area contributed by atoms with Crippen LogP contribution in [0.5, 0.6) is 0 Å². The molecule has 3 nitrogen and oxygen atoms in total. The molecule has 2 aromatic carbocycles. The summed E-state index contributed by atoms with van der Waals surface area (Å²) >= 11 is 12.0. The highest BCUT2D eigenvalue weighted by Crippen LogP contribution is 2.25. The van der Waals surface area contributed by atoms with Crippen molar-refractivity contribution in [2.24, 2.45) is 0 Å². The maximum absolute atomic E-state index is 6.06. The predicted molar refractivity (Wildman–Crippen MR) is 67.7 cm³/mol. The van der Waals surface area contributed by atoms with Crippen molar-refractivity contribution < 1.29 is 0 Å². The normalized spacial score (nSPS) is 10.9. The molecule has 0 saturated carbocycles. The molecule has 5 heteroatoms. The fourth-order valence-corrected chi connectivity index (χ4v) is 2.09. The van der Waals surface area contributed by atoms with E-state index in [1.54, 1.807) is 24.3 Å². The van der Waals surface area contributed by atoms with E-state index in [-0.39, 0.29) is 0 Å². The van der Waals surface area contributed by atoms with Crippen LogP contribution in [0.4, 0.5) is 0 Å². The van der Waals surface area contributed by atoms with Gasteiger partial charge in [-0.25, -0.2) is 0 Å². The molecule has 17 heavy (non-hydrogen) atoms. The number of fused-ring (bicyclic) bond motifs is 1. The molecule has 0 fully saturated rings. The molecule has 3 rings (SSSR count). The van der Waals surface area contributed by atoms with E-state index in [1.165, 1.54) is 4.80 Å². The van der Waals surface area contributed by atoms with Crippen molar-refractivity contribution in [1.82, 2.24) is 15.0 Å². The first-order chi connectivity index (χ1) is 8.24. The standard InChI is InChI=1S/C12H6Cl2N3/c13-8-6-10(14)12-11(7-8)15-17(16-12)9-4-2-1-3-5-9/h2-7H. The third-order valence-electron chi connectivity index (χ3n) is 2.34. The molecule has 0 aliphatic heterocycles. The van der Waals surface area contributed by atoms with Crippen LogP contribution in [0.2, 0.25) is 10.0 Å². The van der Waals surface area contributed by atoms with Crippen molar-refractivity contribution in [2.75, 3.05) is 0 Å². The van der Waals surface area contributed by atoms with Gasteiger partial charge in [0.2, 0.25) is 0 Å². The molecule has 83 valence electrons. The monoisotopic (exact) mass is 262 g/mol. The van der Waals surface area contributed by atoms with Crippen molar-refractivity contribution >= 4 is 34.2 Å². The van der Waals surface area contributed by atoms with Gasteiger partial charge >= 0.3 is 0 Å². The third-order valence-corrected chi connectivity index (χ3v) is 2.84. The maximum Gasteiger partial charge on any atom is 0.132 e. The number of hydrogen-bond donors (Lipinski definition) is 0. The zero-order valence-corrected chi connectivity index (χ0v) is 10.1. The van der Waals surface area contributed by atoms with Crippen molar-refractivity contribution in [3.8, 4) is 5.69 Å². The topological polar surface area (TPSA) is 30.7 Å². The summed E-state index contributed by atoms with van der Waals surface area (Å²) in [5, 5.41) is 9.71. The Hall–Kier alpha value is -1.58. The third kappa shape index (κ3) is 1.88. The highest BCUT2D eigenvalue weighted by atomic mass is 35.5. The molecule has 1 radical (unpaired) electrons. The Labute approximate surface area is 108 Å². The van der Waals surface area contributed by atoms with E-state index in [1.807, 2.05) is 12.1 Å². The first kappa shape index (κ1) is 10.6. The summed E-state index contributed by atoms with van der Waals surface area (Å²) in [6.45, 7) is 0. The largest absolute Gasteiger partial charge is 0.150 e. The van der Waals surface area contributed by atoms with Crippen molar-refractivity contribution in [2.45, 2.75) is 0 Å². The SMILES string of the molecule is Clc1cc(Cl)c2nn(-c3cc[c]cc3)nc2c1. The van der Waals surface area contributed by atoms with Crippen molar-refractivity contribution in [3.63, 3.8) is 0 Å². The minimum Gasteiger partial charge on any atom is -0.150 e.